The summed E-state index contributed by atoms with van der Waals surface area (Å²) in [7, 11) is 1.34. The normalized spacial score (nSPS) is 19.2. The van der Waals surface area contributed by atoms with E-state index in [1.54, 1.807) is 48.5 Å². The number of ether oxygens (including phenoxy) is 3. The van der Waals surface area contributed by atoms with E-state index >= 15 is 0 Å². The molecule has 44 heavy (non-hydrogen) atoms. The molecule has 1 aliphatic rings. The summed E-state index contributed by atoms with van der Waals surface area (Å²) < 4.78 is 16.5. The Morgan fingerprint density at radius 3 is 1.75 bits per heavy atom. The Kier molecular flexibility index (Phi) is 8.69. The molecule has 4 aromatic rings. The maximum Gasteiger partial charge on any atom is 0.343 e. The van der Waals surface area contributed by atoms with E-state index in [-0.39, 0.29) is 10.8 Å². The molecular formula is C39H42O5. The SMILES string of the molecule is COC(=O)c1ccc(Oc2ccc(C(=O)Oc3ccc(C4(c5ccc(C)c(C)c5)CC(C)CC(C)(C)C4)cc3C)cc2)cc1. The Labute approximate surface area is 261 Å². The summed E-state index contributed by atoms with van der Waals surface area (Å²) in [5.74, 6) is 1.45. The van der Waals surface area contributed by atoms with Crippen LogP contribution in [0.1, 0.15) is 88.6 Å². The summed E-state index contributed by atoms with van der Waals surface area (Å²) in [5.41, 5.74) is 7.16. The lowest BCUT2D eigenvalue weighted by Gasteiger charge is -2.49. The van der Waals surface area contributed by atoms with Crippen LogP contribution in [-0.4, -0.2) is 19.0 Å². The standard InChI is InChI=1S/C39H42O5/c1-25-22-38(5,6)24-39(23-25,31-13-8-26(2)27(3)20-31)32-14-19-35(28(4)21-32)44-37(41)30-11-17-34(18-12-30)43-33-15-9-29(10-16-33)36(40)42-7/h8-21,25H,22-24H2,1-7H3. The number of aryl methyl sites for hydroxylation is 3. The van der Waals surface area contributed by atoms with Gasteiger partial charge in [0, 0.05) is 5.41 Å². The zero-order chi connectivity index (χ0) is 31.6. The van der Waals surface area contributed by atoms with Gasteiger partial charge in [-0.25, -0.2) is 9.59 Å². The van der Waals surface area contributed by atoms with E-state index in [0.29, 0.717) is 34.3 Å². The van der Waals surface area contributed by atoms with E-state index < -0.39 is 11.9 Å². The van der Waals surface area contributed by atoms with Crippen LogP contribution in [0.4, 0.5) is 0 Å². The quantitative estimate of drug-likeness (QED) is 0.158. The first-order chi connectivity index (χ1) is 20.9. The number of benzene rings is 4. The Morgan fingerprint density at radius 1 is 0.682 bits per heavy atom. The molecule has 2 atom stereocenters. The molecule has 1 aliphatic carbocycles. The van der Waals surface area contributed by atoms with Crippen molar-refractivity contribution in [2.45, 2.75) is 66.2 Å². The molecule has 4 aromatic carbocycles. The van der Waals surface area contributed by atoms with E-state index in [0.717, 1.165) is 18.4 Å². The molecule has 5 heteroatoms. The number of hydrogen-bond acceptors (Lipinski definition) is 5. The van der Waals surface area contributed by atoms with Gasteiger partial charge in [0.25, 0.3) is 0 Å². The fourth-order valence-electron chi connectivity index (χ4n) is 7.01. The molecule has 1 fully saturated rings. The van der Waals surface area contributed by atoms with Crippen LogP contribution in [0.2, 0.25) is 0 Å². The molecule has 228 valence electrons. The summed E-state index contributed by atoms with van der Waals surface area (Å²) >= 11 is 0. The maximum atomic E-state index is 13.1. The van der Waals surface area contributed by atoms with E-state index in [1.807, 2.05) is 13.0 Å². The maximum absolute atomic E-state index is 13.1. The van der Waals surface area contributed by atoms with Crippen LogP contribution in [0.3, 0.4) is 0 Å². The van der Waals surface area contributed by atoms with Gasteiger partial charge < -0.3 is 14.2 Å². The zero-order valence-corrected chi connectivity index (χ0v) is 26.8. The second-order valence-electron chi connectivity index (χ2n) is 13.2. The molecule has 5 rings (SSSR count). The molecule has 0 amide bonds. The fourth-order valence-corrected chi connectivity index (χ4v) is 7.01. The molecule has 0 radical (unpaired) electrons. The smallest absolute Gasteiger partial charge is 0.343 e. The fraction of sp³-hybridized carbons (Fsp3) is 0.333. The Morgan fingerprint density at radius 2 is 1.23 bits per heavy atom. The lowest BCUT2D eigenvalue weighted by molar-refractivity contribution is 0.0600. The first-order valence-electron chi connectivity index (χ1n) is 15.3. The highest BCUT2D eigenvalue weighted by molar-refractivity contribution is 5.91. The third-order valence-corrected chi connectivity index (χ3v) is 8.97. The van der Waals surface area contributed by atoms with Crippen molar-refractivity contribution in [3.63, 3.8) is 0 Å². The topological polar surface area (TPSA) is 61.8 Å². The van der Waals surface area contributed by atoms with Crippen LogP contribution in [-0.2, 0) is 10.2 Å². The lowest BCUT2D eigenvalue weighted by atomic mass is 9.55. The molecule has 5 nitrogen and oxygen atoms in total. The second-order valence-corrected chi connectivity index (χ2v) is 13.2. The van der Waals surface area contributed by atoms with Crippen molar-refractivity contribution in [2.24, 2.45) is 11.3 Å². The number of methoxy groups -OCH3 is 1. The van der Waals surface area contributed by atoms with Crippen molar-refractivity contribution in [3.8, 4) is 17.2 Å². The predicted octanol–water partition coefficient (Wildman–Crippen LogP) is 9.54. The van der Waals surface area contributed by atoms with E-state index in [9.17, 15) is 9.59 Å². The van der Waals surface area contributed by atoms with Crippen molar-refractivity contribution in [3.05, 3.63) is 124 Å². The highest BCUT2D eigenvalue weighted by Crippen LogP contribution is 2.54. The zero-order valence-electron chi connectivity index (χ0n) is 26.8. The van der Waals surface area contributed by atoms with Crippen molar-refractivity contribution in [1.82, 2.24) is 0 Å². The Bertz CT molecular complexity index is 1670. The van der Waals surface area contributed by atoms with Crippen LogP contribution < -0.4 is 9.47 Å². The summed E-state index contributed by atoms with van der Waals surface area (Å²) in [5, 5.41) is 0. The summed E-state index contributed by atoms with van der Waals surface area (Å²) in [4.78, 5) is 24.8. The molecule has 2 unspecified atom stereocenters. The Hall–Kier alpha value is -4.38. The predicted molar refractivity (Wildman–Crippen MR) is 174 cm³/mol. The van der Waals surface area contributed by atoms with E-state index in [2.05, 4.69) is 65.0 Å². The van der Waals surface area contributed by atoms with Gasteiger partial charge in [-0.1, -0.05) is 51.1 Å². The van der Waals surface area contributed by atoms with Gasteiger partial charge >= 0.3 is 11.9 Å². The minimum atomic E-state index is -0.425. The van der Waals surface area contributed by atoms with Crippen molar-refractivity contribution in [1.29, 1.82) is 0 Å². The van der Waals surface area contributed by atoms with Crippen LogP contribution in [0.25, 0.3) is 0 Å². The molecule has 0 aliphatic heterocycles. The van der Waals surface area contributed by atoms with Gasteiger partial charge in [0.1, 0.15) is 17.2 Å². The number of carbonyl (C=O) groups excluding carboxylic acids is 2. The summed E-state index contributed by atoms with van der Waals surface area (Å²) in [6, 6.07) is 26.7. The second kappa shape index (κ2) is 12.3. The molecule has 0 saturated heterocycles. The van der Waals surface area contributed by atoms with Crippen LogP contribution in [0.5, 0.6) is 17.2 Å². The molecule has 0 spiro atoms. The van der Waals surface area contributed by atoms with Gasteiger partial charge in [-0.2, -0.15) is 0 Å². The number of hydrogen-bond donors (Lipinski definition) is 0. The largest absolute Gasteiger partial charge is 0.465 e. The lowest BCUT2D eigenvalue weighted by Crippen LogP contribution is -2.41. The third kappa shape index (κ3) is 6.57. The van der Waals surface area contributed by atoms with Crippen LogP contribution in [0, 0.1) is 32.1 Å². The van der Waals surface area contributed by atoms with Crippen LogP contribution >= 0.6 is 0 Å². The van der Waals surface area contributed by atoms with Gasteiger partial charge in [0.2, 0.25) is 0 Å². The van der Waals surface area contributed by atoms with E-state index in [4.69, 9.17) is 14.2 Å². The van der Waals surface area contributed by atoms with Gasteiger partial charge in [-0.05, 0) is 134 Å². The molecule has 0 heterocycles. The van der Waals surface area contributed by atoms with Crippen molar-refractivity contribution in [2.75, 3.05) is 7.11 Å². The highest BCUT2D eigenvalue weighted by Gasteiger charge is 2.45. The first kappa shape index (κ1) is 31.1. The summed E-state index contributed by atoms with van der Waals surface area (Å²) in [6.07, 6.45) is 3.36. The van der Waals surface area contributed by atoms with Gasteiger partial charge in [0.15, 0.2) is 0 Å². The molecular weight excluding hydrogens is 548 g/mol. The monoisotopic (exact) mass is 590 g/mol. The number of rotatable bonds is 7. The third-order valence-electron chi connectivity index (χ3n) is 8.97. The van der Waals surface area contributed by atoms with Crippen LogP contribution in [0.15, 0.2) is 84.9 Å². The molecule has 0 aromatic heterocycles. The van der Waals surface area contributed by atoms with Gasteiger partial charge in [-0.3, -0.25) is 0 Å². The van der Waals surface area contributed by atoms with Gasteiger partial charge in [0.05, 0.1) is 18.2 Å². The average molecular weight is 591 g/mol. The van der Waals surface area contributed by atoms with Gasteiger partial charge in [-0.15, -0.1) is 0 Å². The highest BCUT2D eigenvalue weighted by atomic mass is 16.5. The number of carbonyl (C=O) groups is 2. The number of esters is 2. The summed E-state index contributed by atoms with van der Waals surface area (Å²) in [6.45, 7) is 13.5. The first-order valence-corrected chi connectivity index (χ1v) is 15.3. The average Bonchev–Trinajstić information content (AvgIpc) is 2.98. The Balaban J connectivity index is 1.34. The minimum Gasteiger partial charge on any atom is -0.465 e. The molecule has 1 saturated carbocycles. The molecule has 0 N–H and O–H groups in total. The van der Waals surface area contributed by atoms with E-state index in [1.165, 1.54) is 35.8 Å². The minimum absolute atomic E-state index is 0.109. The van der Waals surface area contributed by atoms with Crippen molar-refractivity contribution >= 4 is 11.9 Å². The molecule has 0 bridgehead atoms. The van der Waals surface area contributed by atoms with Crippen molar-refractivity contribution < 1.29 is 23.8 Å².